The second kappa shape index (κ2) is 10.4. The highest BCUT2D eigenvalue weighted by Gasteiger charge is 2.82. The second-order valence-corrected chi connectivity index (χ2v) is 14.6. The van der Waals surface area contributed by atoms with Crippen LogP contribution in [0, 0.1) is 57.2 Å². The van der Waals surface area contributed by atoms with Gasteiger partial charge in [-0.2, -0.15) is 0 Å². The van der Waals surface area contributed by atoms with E-state index in [0.29, 0.717) is 18.8 Å². The Hall–Kier alpha value is -2.32. The third kappa shape index (κ3) is 4.06. The monoisotopic (exact) mass is 584 g/mol. The molecule has 0 bridgehead atoms. The summed E-state index contributed by atoms with van der Waals surface area (Å²) in [5.74, 6) is -2.27. The van der Waals surface area contributed by atoms with E-state index in [1.54, 1.807) is 13.0 Å². The summed E-state index contributed by atoms with van der Waals surface area (Å²) in [6, 6.07) is 0. The van der Waals surface area contributed by atoms with Crippen molar-refractivity contribution in [3.8, 4) is 0 Å². The highest BCUT2D eigenvalue weighted by molar-refractivity contribution is 5.99. The Bertz CT molecular complexity index is 1220. The second-order valence-electron chi connectivity index (χ2n) is 14.6. The van der Waals surface area contributed by atoms with E-state index in [0.717, 1.165) is 25.7 Å². The van der Waals surface area contributed by atoms with Crippen molar-refractivity contribution in [2.75, 3.05) is 13.2 Å². The maximum atomic E-state index is 13.7. The van der Waals surface area contributed by atoms with Gasteiger partial charge in [-0.1, -0.05) is 40.3 Å². The lowest BCUT2D eigenvalue weighted by Gasteiger charge is -2.61. The number of hydrogen-bond donors (Lipinski definition) is 2. The Morgan fingerprint density at radius 3 is 2.40 bits per heavy atom. The summed E-state index contributed by atoms with van der Waals surface area (Å²) in [6.07, 6.45) is 7.24. The molecule has 0 heterocycles. The van der Waals surface area contributed by atoms with Crippen molar-refractivity contribution in [3.63, 3.8) is 0 Å². The van der Waals surface area contributed by atoms with Crippen LogP contribution < -0.4 is 0 Å². The van der Waals surface area contributed by atoms with Gasteiger partial charge < -0.3 is 19.7 Å². The number of carbonyl (C=O) groups excluding carboxylic acids is 4. The van der Waals surface area contributed by atoms with Crippen molar-refractivity contribution >= 4 is 23.5 Å². The predicted octanol–water partition coefficient (Wildman–Crippen LogP) is 4.22. The Kier molecular flexibility index (Phi) is 7.70. The number of esters is 2. The van der Waals surface area contributed by atoms with Crippen molar-refractivity contribution in [3.05, 3.63) is 24.3 Å². The lowest BCUT2D eigenvalue weighted by molar-refractivity contribution is -0.174. The average molecular weight is 585 g/mol. The lowest BCUT2D eigenvalue weighted by Crippen LogP contribution is -2.58. The van der Waals surface area contributed by atoms with Crippen LogP contribution in [0.15, 0.2) is 24.3 Å². The quantitative estimate of drug-likeness (QED) is 0.305. The van der Waals surface area contributed by atoms with Crippen LogP contribution >= 0.6 is 0 Å². The molecule has 5 rings (SSSR count). The van der Waals surface area contributed by atoms with Gasteiger partial charge in [-0.3, -0.25) is 19.2 Å². The zero-order valence-electron chi connectivity index (χ0n) is 26.0. The van der Waals surface area contributed by atoms with Crippen LogP contribution in [0.3, 0.4) is 0 Å². The molecule has 0 amide bonds. The van der Waals surface area contributed by atoms with Gasteiger partial charge in [0.15, 0.2) is 17.7 Å². The molecule has 232 valence electrons. The van der Waals surface area contributed by atoms with Crippen LogP contribution in [-0.4, -0.2) is 59.1 Å². The Labute approximate surface area is 249 Å². The number of carbonyl (C=O) groups is 4. The predicted molar refractivity (Wildman–Crippen MR) is 155 cm³/mol. The molecule has 0 unspecified atom stereocenters. The molecule has 2 spiro atoms. The number of aliphatic hydroxyl groups excluding tert-OH is 2. The van der Waals surface area contributed by atoms with Crippen molar-refractivity contribution in [2.24, 2.45) is 57.2 Å². The number of allylic oxidation sites excluding steroid dienone is 2. The summed E-state index contributed by atoms with van der Waals surface area (Å²) in [5, 5.41) is 21.1. The first-order chi connectivity index (χ1) is 19.7. The summed E-state index contributed by atoms with van der Waals surface area (Å²) >= 11 is 0. The number of Topliss-reactive ketones (excluding diaryl/α,β-unsaturated/α-hetero) is 1. The van der Waals surface area contributed by atoms with E-state index in [1.165, 1.54) is 13.8 Å². The van der Waals surface area contributed by atoms with Crippen molar-refractivity contribution in [1.29, 1.82) is 0 Å². The highest BCUT2D eigenvalue weighted by Crippen LogP contribution is 2.87. The normalized spacial score (nSPS) is 43.5. The zero-order valence-corrected chi connectivity index (χ0v) is 26.0. The lowest BCUT2D eigenvalue weighted by atomic mass is 9.43. The Morgan fingerprint density at radius 2 is 1.81 bits per heavy atom. The number of ketones is 2. The van der Waals surface area contributed by atoms with Gasteiger partial charge in [0.2, 0.25) is 0 Å². The Balaban J connectivity index is 1.57. The van der Waals surface area contributed by atoms with E-state index in [-0.39, 0.29) is 47.2 Å². The maximum Gasteiger partial charge on any atom is 0.303 e. The molecule has 0 aromatic rings. The zero-order chi connectivity index (χ0) is 31.0. The summed E-state index contributed by atoms with van der Waals surface area (Å²) in [6.45, 7) is 14.0. The first-order valence-electron chi connectivity index (χ1n) is 15.7. The van der Waals surface area contributed by atoms with Gasteiger partial charge in [0.1, 0.15) is 6.10 Å². The molecule has 8 heteroatoms. The fraction of sp³-hybridized carbons (Fsp3) is 0.765. The van der Waals surface area contributed by atoms with E-state index in [1.807, 2.05) is 6.92 Å². The third-order valence-electron chi connectivity index (χ3n) is 13.1. The molecular weight excluding hydrogens is 536 g/mol. The van der Waals surface area contributed by atoms with Gasteiger partial charge in [-0.15, -0.1) is 0 Å². The molecule has 5 aliphatic carbocycles. The van der Waals surface area contributed by atoms with Gasteiger partial charge in [-0.05, 0) is 78.3 Å². The van der Waals surface area contributed by atoms with Crippen LogP contribution in [0.4, 0.5) is 0 Å². The average Bonchev–Trinajstić information content (AvgIpc) is 3.53. The maximum absolute atomic E-state index is 13.7. The minimum absolute atomic E-state index is 0.00251. The number of hydrogen-bond acceptors (Lipinski definition) is 8. The standard InChI is InChI=1S/C34H48O8/c1-18(15-35)19(2)29(40)30(42-23(6)38)21(4)28-26(41-22(5)37)14-31(7)27-9-8-24-20(3)25(39)10-11-32(24)16-33(27,32)12-13-34(28,31)17-36/h10-11,18,20-21,24,26-28,30,35-36H,2,8-9,12-17H2,1,3-7H3/t18-,20-,21-,24-,26-,27-,28-,30+,31-,32+,33-,34-/m0/s1. The van der Waals surface area contributed by atoms with Crippen molar-refractivity contribution in [1.82, 2.24) is 0 Å². The van der Waals surface area contributed by atoms with Gasteiger partial charge in [0.05, 0.1) is 0 Å². The van der Waals surface area contributed by atoms with Gasteiger partial charge >= 0.3 is 11.9 Å². The molecule has 42 heavy (non-hydrogen) atoms. The van der Waals surface area contributed by atoms with E-state index in [4.69, 9.17) is 9.47 Å². The molecular formula is C34H48O8. The molecule has 0 aromatic carbocycles. The van der Waals surface area contributed by atoms with Crippen LogP contribution in [0.25, 0.3) is 0 Å². The minimum Gasteiger partial charge on any atom is -0.462 e. The Morgan fingerprint density at radius 1 is 1.12 bits per heavy atom. The summed E-state index contributed by atoms with van der Waals surface area (Å²) in [5.41, 5.74) is -0.897. The van der Waals surface area contributed by atoms with Crippen molar-refractivity contribution in [2.45, 2.75) is 92.3 Å². The molecule has 12 atom stereocenters. The third-order valence-corrected chi connectivity index (χ3v) is 13.1. The molecule has 4 saturated carbocycles. The van der Waals surface area contributed by atoms with Gasteiger partial charge in [-0.25, -0.2) is 0 Å². The number of ether oxygens (including phenoxy) is 2. The molecule has 5 aliphatic rings. The first kappa shape index (κ1) is 31.1. The number of rotatable bonds is 9. The largest absolute Gasteiger partial charge is 0.462 e. The number of fused-ring (bicyclic) bond motifs is 2. The van der Waals surface area contributed by atoms with Crippen LogP contribution in [0.5, 0.6) is 0 Å². The molecule has 0 saturated heterocycles. The molecule has 0 aromatic heterocycles. The summed E-state index contributed by atoms with van der Waals surface area (Å²) < 4.78 is 11.7. The summed E-state index contributed by atoms with van der Waals surface area (Å²) in [7, 11) is 0. The smallest absolute Gasteiger partial charge is 0.303 e. The number of aliphatic hydroxyl groups is 2. The first-order valence-corrected chi connectivity index (χ1v) is 15.7. The van der Waals surface area contributed by atoms with Crippen molar-refractivity contribution < 1.29 is 38.9 Å². The van der Waals surface area contributed by atoms with Crippen LogP contribution in [0.1, 0.15) is 80.1 Å². The van der Waals surface area contributed by atoms with E-state index >= 15 is 0 Å². The fourth-order valence-electron chi connectivity index (χ4n) is 11.1. The fourth-order valence-corrected chi connectivity index (χ4v) is 11.1. The molecule has 0 radical (unpaired) electrons. The van der Waals surface area contributed by atoms with Gasteiger partial charge in [0.25, 0.3) is 0 Å². The van der Waals surface area contributed by atoms with E-state index in [9.17, 15) is 29.4 Å². The van der Waals surface area contributed by atoms with E-state index < -0.39 is 58.5 Å². The molecule has 4 fully saturated rings. The van der Waals surface area contributed by atoms with Crippen LogP contribution in [0.2, 0.25) is 0 Å². The molecule has 2 N–H and O–H groups in total. The highest BCUT2D eigenvalue weighted by atomic mass is 16.6. The van der Waals surface area contributed by atoms with E-state index in [2.05, 4.69) is 26.5 Å². The SMILES string of the molecule is C=C(C(=O)[C@H](OC(C)=O)[C@@H](C)[C@H]1[C@@H](OC(C)=O)C[C@@]2(C)[C@@H]3CC[C@H]4[C@H](C)C(=O)C=C[C@@]45C[C@@]35CC[C@]12CO)[C@@H](C)CO. The molecule has 8 nitrogen and oxygen atoms in total. The van der Waals surface area contributed by atoms with Gasteiger partial charge in [0, 0.05) is 56.1 Å². The summed E-state index contributed by atoms with van der Waals surface area (Å²) in [4.78, 5) is 51.1. The molecule has 0 aliphatic heterocycles. The minimum atomic E-state index is -1.19. The van der Waals surface area contributed by atoms with Crippen LogP contribution in [-0.2, 0) is 28.7 Å². The topological polar surface area (TPSA) is 127 Å².